The summed E-state index contributed by atoms with van der Waals surface area (Å²) in [5, 5.41) is 0. The molecule has 1 rings (SSSR count). The fourth-order valence-electron chi connectivity index (χ4n) is 1.51. The molecule has 1 atom stereocenters. The van der Waals surface area contributed by atoms with Gasteiger partial charge in [-0.2, -0.15) is 0 Å². The van der Waals surface area contributed by atoms with E-state index in [0.717, 1.165) is 4.90 Å². The van der Waals surface area contributed by atoms with Crippen LogP contribution >= 0.6 is 0 Å². The first-order valence-electron chi connectivity index (χ1n) is 5.45. The third-order valence-corrected chi connectivity index (χ3v) is 2.67. The molecule has 0 N–H and O–H groups in total. The molecule has 1 aliphatic heterocycles. The van der Waals surface area contributed by atoms with Crippen LogP contribution in [0.15, 0.2) is 11.6 Å². The highest BCUT2D eigenvalue weighted by Crippen LogP contribution is 2.19. The molecule has 4 heteroatoms. The summed E-state index contributed by atoms with van der Waals surface area (Å²) in [5.74, 6) is -1.96. The summed E-state index contributed by atoms with van der Waals surface area (Å²) in [5.41, 5.74) is 0.465. The number of nitrogens with zero attached hydrogens (tertiary/aromatic N) is 1. The molecule has 16 heavy (non-hydrogen) atoms. The average molecular weight is 223 g/mol. The van der Waals surface area contributed by atoms with Crippen LogP contribution in [0, 0.1) is 11.8 Å². The minimum atomic E-state index is -0.479. The smallest absolute Gasteiger partial charge is 0.262 e. The molecule has 4 nitrogen and oxygen atoms in total. The van der Waals surface area contributed by atoms with Crippen molar-refractivity contribution < 1.29 is 14.4 Å². The van der Waals surface area contributed by atoms with Crippen LogP contribution in [-0.2, 0) is 14.4 Å². The number of carbonyl (C=O) groups is 3. The second-order valence-electron chi connectivity index (χ2n) is 4.50. The zero-order valence-electron chi connectivity index (χ0n) is 10.1. The molecule has 0 fully saturated rings. The van der Waals surface area contributed by atoms with Crippen molar-refractivity contribution in [3.05, 3.63) is 11.6 Å². The van der Waals surface area contributed by atoms with E-state index in [9.17, 15) is 14.4 Å². The van der Waals surface area contributed by atoms with Crippen molar-refractivity contribution in [3.8, 4) is 0 Å². The van der Waals surface area contributed by atoms with Gasteiger partial charge in [-0.05, 0) is 13.3 Å². The molecule has 0 saturated heterocycles. The Kier molecular flexibility index (Phi) is 3.62. The number of allylic oxidation sites excluding steroid dienone is 1. The van der Waals surface area contributed by atoms with Crippen LogP contribution in [-0.4, -0.2) is 22.6 Å². The molecule has 0 saturated carbocycles. The van der Waals surface area contributed by atoms with Crippen LogP contribution in [0.3, 0.4) is 0 Å². The van der Waals surface area contributed by atoms with Gasteiger partial charge in [-0.1, -0.05) is 26.8 Å². The molecule has 0 aromatic carbocycles. The molecular formula is C12H17NO3. The molecule has 0 aromatic rings. The van der Waals surface area contributed by atoms with E-state index in [4.69, 9.17) is 0 Å². The van der Waals surface area contributed by atoms with E-state index in [1.807, 2.05) is 0 Å². The van der Waals surface area contributed by atoms with Crippen molar-refractivity contribution in [2.24, 2.45) is 11.8 Å². The van der Waals surface area contributed by atoms with Crippen LogP contribution in [0.5, 0.6) is 0 Å². The minimum Gasteiger partial charge on any atom is -0.274 e. The van der Waals surface area contributed by atoms with Crippen molar-refractivity contribution >= 4 is 17.7 Å². The van der Waals surface area contributed by atoms with Crippen LogP contribution < -0.4 is 0 Å². The van der Waals surface area contributed by atoms with Crippen LogP contribution in [0.25, 0.3) is 0 Å². The number of hydrogen-bond donors (Lipinski definition) is 0. The van der Waals surface area contributed by atoms with Crippen LogP contribution in [0.2, 0.25) is 0 Å². The maximum atomic E-state index is 11.9. The second kappa shape index (κ2) is 4.60. The topological polar surface area (TPSA) is 54.5 Å². The van der Waals surface area contributed by atoms with E-state index in [1.54, 1.807) is 33.8 Å². The highest BCUT2D eigenvalue weighted by molar-refractivity contribution is 6.17. The fraction of sp³-hybridized carbons (Fsp3) is 0.583. The van der Waals surface area contributed by atoms with Crippen LogP contribution in [0.4, 0.5) is 0 Å². The monoisotopic (exact) mass is 223 g/mol. The standard InChI is InChI=1S/C12H17NO3/c1-7(2)10(14)13-11(15)8(3)5-6-9(4)12(13)16/h5,7,9H,6H2,1-4H3. The lowest BCUT2D eigenvalue weighted by molar-refractivity contribution is -0.155. The summed E-state index contributed by atoms with van der Waals surface area (Å²) < 4.78 is 0. The summed E-state index contributed by atoms with van der Waals surface area (Å²) in [6.07, 6.45) is 2.23. The van der Waals surface area contributed by atoms with Gasteiger partial charge in [-0.25, -0.2) is 4.90 Å². The largest absolute Gasteiger partial charge is 0.274 e. The number of rotatable bonds is 1. The van der Waals surface area contributed by atoms with Crippen molar-refractivity contribution in [1.29, 1.82) is 0 Å². The summed E-state index contributed by atoms with van der Waals surface area (Å²) >= 11 is 0. The van der Waals surface area contributed by atoms with Gasteiger partial charge >= 0.3 is 0 Å². The van der Waals surface area contributed by atoms with Crippen molar-refractivity contribution in [3.63, 3.8) is 0 Å². The average Bonchev–Trinajstić information content (AvgIpc) is 2.31. The third kappa shape index (κ3) is 2.21. The Balaban J connectivity index is 3.11. The van der Waals surface area contributed by atoms with Crippen molar-refractivity contribution in [1.82, 2.24) is 4.90 Å². The first-order chi connectivity index (χ1) is 7.36. The fourth-order valence-corrected chi connectivity index (χ4v) is 1.51. The first kappa shape index (κ1) is 12.6. The van der Waals surface area contributed by atoms with Crippen LogP contribution in [0.1, 0.15) is 34.1 Å². The maximum Gasteiger partial charge on any atom is 0.262 e. The molecule has 0 radical (unpaired) electrons. The van der Waals surface area contributed by atoms with E-state index in [1.165, 1.54) is 0 Å². The van der Waals surface area contributed by atoms with Gasteiger partial charge in [0.05, 0.1) is 0 Å². The van der Waals surface area contributed by atoms with Gasteiger partial charge in [0.25, 0.3) is 5.91 Å². The third-order valence-electron chi connectivity index (χ3n) is 2.67. The number of hydrogen-bond acceptors (Lipinski definition) is 3. The first-order valence-corrected chi connectivity index (χ1v) is 5.45. The Hall–Kier alpha value is -1.45. The van der Waals surface area contributed by atoms with Crippen molar-refractivity contribution in [2.75, 3.05) is 0 Å². The zero-order chi connectivity index (χ0) is 12.5. The Labute approximate surface area is 95.3 Å². The molecule has 1 heterocycles. The molecule has 0 aliphatic carbocycles. The molecule has 0 spiro atoms. The van der Waals surface area contributed by atoms with E-state index in [-0.39, 0.29) is 11.8 Å². The highest BCUT2D eigenvalue weighted by Gasteiger charge is 2.35. The number of imide groups is 3. The summed E-state index contributed by atoms with van der Waals surface area (Å²) in [4.78, 5) is 36.4. The Bertz CT molecular complexity index is 368. The van der Waals surface area contributed by atoms with Gasteiger partial charge in [0.1, 0.15) is 0 Å². The van der Waals surface area contributed by atoms with E-state index < -0.39 is 17.7 Å². The van der Waals surface area contributed by atoms with Gasteiger partial charge in [0.15, 0.2) is 0 Å². The van der Waals surface area contributed by atoms with Gasteiger partial charge in [-0.15, -0.1) is 0 Å². The van der Waals surface area contributed by atoms with Crippen molar-refractivity contribution in [2.45, 2.75) is 34.1 Å². The predicted molar refractivity (Wildman–Crippen MR) is 59.2 cm³/mol. The molecule has 1 unspecified atom stereocenters. The highest BCUT2D eigenvalue weighted by atomic mass is 16.2. The zero-order valence-corrected chi connectivity index (χ0v) is 10.1. The number of carbonyl (C=O) groups excluding carboxylic acids is 3. The van der Waals surface area contributed by atoms with Gasteiger partial charge < -0.3 is 0 Å². The normalized spacial score (nSPS) is 22.2. The summed E-state index contributed by atoms with van der Waals surface area (Å²) in [6, 6.07) is 0. The lowest BCUT2D eigenvalue weighted by Crippen LogP contribution is -2.45. The maximum absolute atomic E-state index is 11.9. The van der Waals surface area contributed by atoms with Gasteiger partial charge in [-0.3, -0.25) is 14.4 Å². The lowest BCUT2D eigenvalue weighted by Gasteiger charge is -2.21. The molecular weight excluding hydrogens is 206 g/mol. The Morgan fingerprint density at radius 3 is 2.50 bits per heavy atom. The van der Waals surface area contributed by atoms with E-state index in [0.29, 0.717) is 12.0 Å². The molecule has 0 bridgehead atoms. The quantitative estimate of drug-likeness (QED) is 0.633. The Morgan fingerprint density at radius 2 is 2.00 bits per heavy atom. The summed E-state index contributed by atoms with van der Waals surface area (Å²) in [7, 11) is 0. The van der Waals surface area contributed by atoms with Gasteiger partial charge in [0, 0.05) is 17.4 Å². The van der Waals surface area contributed by atoms with E-state index in [2.05, 4.69) is 0 Å². The lowest BCUT2D eigenvalue weighted by atomic mass is 10.1. The predicted octanol–water partition coefficient (Wildman–Crippen LogP) is 1.51. The van der Waals surface area contributed by atoms with Gasteiger partial charge in [0.2, 0.25) is 11.8 Å². The summed E-state index contributed by atoms with van der Waals surface area (Å²) in [6.45, 7) is 6.72. The minimum absolute atomic E-state index is 0.316. The molecule has 0 aromatic heterocycles. The molecule has 1 aliphatic rings. The number of amides is 3. The van der Waals surface area contributed by atoms with E-state index >= 15 is 0 Å². The molecule has 3 amide bonds. The SMILES string of the molecule is CC1=CCC(C)C(=O)N(C(=O)C(C)C)C1=O. The Morgan fingerprint density at radius 1 is 1.44 bits per heavy atom. The second-order valence-corrected chi connectivity index (χ2v) is 4.50. The molecule has 88 valence electrons.